The van der Waals surface area contributed by atoms with Gasteiger partial charge in [0.2, 0.25) is 0 Å². The van der Waals surface area contributed by atoms with Crippen LogP contribution in [0, 0.1) is 11.8 Å². The third-order valence-corrected chi connectivity index (χ3v) is 6.01. The van der Waals surface area contributed by atoms with Gasteiger partial charge in [0, 0.05) is 6.42 Å². The van der Waals surface area contributed by atoms with Crippen molar-refractivity contribution < 1.29 is 9.90 Å². The Hall–Kier alpha value is -1.05. The second-order valence-electron chi connectivity index (χ2n) is 9.77. The highest BCUT2D eigenvalue weighted by Gasteiger charge is 2.03. The molecule has 1 N–H and O–H groups in total. The van der Waals surface area contributed by atoms with E-state index in [1.165, 1.54) is 88.2 Å². The SMILES string of the molecule is CCCCCCCCC[C@@H](C)/C=C(/C)C/C(C)=C/[C@H](C)CCCCCCCC(=O)O. The van der Waals surface area contributed by atoms with Crippen molar-refractivity contribution in [2.45, 2.75) is 137 Å². The first-order valence-electron chi connectivity index (χ1n) is 12.9. The van der Waals surface area contributed by atoms with E-state index in [1.807, 2.05) is 0 Å². The smallest absolute Gasteiger partial charge is 0.303 e. The van der Waals surface area contributed by atoms with Gasteiger partial charge in [0.25, 0.3) is 0 Å². The average molecular weight is 421 g/mol. The molecule has 176 valence electrons. The maximum atomic E-state index is 10.5. The second kappa shape index (κ2) is 19.9. The van der Waals surface area contributed by atoms with Gasteiger partial charge in [-0.3, -0.25) is 4.79 Å². The molecule has 2 nitrogen and oxygen atoms in total. The molecule has 0 aromatic carbocycles. The van der Waals surface area contributed by atoms with Gasteiger partial charge in [-0.2, -0.15) is 0 Å². The van der Waals surface area contributed by atoms with Crippen LogP contribution >= 0.6 is 0 Å². The molecular formula is C28H52O2. The molecule has 0 aromatic rings. The molecular weight excluding hydrogens is 368 g/mol. The molecule has 2 heteroatoms. The first-order valence-corrected chi connectivity index (χ1v) is 12.9. The highest BCUT2D eigenvalue weighted by atomic mass is 16.4. The summed E-state index contributed by atoms with van der Waals surface area (Å²) in [6, 6.07) is 0. The van der Waals surface area contributed by atoms with E-state index in [-0.39, 0.29) is 0 Å². The summed E-state index contributed by atoms with van der Waals surface area (Å²) in [5.41, 5.74) is 3.02. The molecule has 0 aliphatic carbocycles. The summed E-state index contributed by atoms with van der Waals surface area (Å²) < 4.78 is 0. The average Bonchev–Trinajstić information content (AvgIpc) is 2.65. The van der Waals surface area contributed by atoms with Crippen LogP contribution in [-0.2, 0) is 4.79 Å². The van der Waals surface area contributed by atoms with E-state index in [4.69, 9.17) is 5.11 Å². The molecule has 0 unspecified atom stereocenters. The molecule has 0 aliphatic rings. The van der Waals surface area contributed by atoms with Crippen LogP contribution in [-0.4, -0.2) is 11.1 Å². The Labute approximate surface area is 188 Å². The highest BCUT2D eigenvalue weighted by Crippen LogP contribution is 2.20. The van der Waals surface area contributed by atoms with E-state index >= 15 is 0 Å². The molecule has 0 fully saturated rings. The van der Waals surface area contributed by atoms with Crippen molar-refractivity contribution in [3.8, 4) is 0 Å². The molecule has 2 atom stereocenters. The maximum Gasteiger partial charge on any atom is 0.303 e. The highest BCUT2D eigenvalue weighted by molar-refractivity contribution is 5.66. The summed E-state index contributed by atoms with van der Waals surface area (Å²) in [7, 11) is 0. The Balaban J connectivity index is 3.91. The van der Waals surface area contributed by atoms with Gasteiger partial charge in [-0.05, 0) is 51.4 Å². The predicted octanol–water partition coefficient (Wildman–Crippen LogP) is 9.50. The molecule has 30 heavy (non-hydrogen) atoms. The topological polar surface area (TPSA) is 37.3 Å². The molecule has 0 saturated carbocycles. The van der Waals surface area contributed by atoms with Crippen LogP contribution in [0.3, 0.4) is 0 Å². The van der Waals surface area contributed by atoms with Gasteiger partial charge in [0.05, 0.1) is 0 Å². The number of unbranched alkanes of at least 4 members (excludes halogenated alkanes) is 10. The minimum Gasteiger partial charge on any atom is -0.481 e. The van der Waals surface area contributed by atoms with Gasteiger partial charge in [-0.15, -0.1) is 0 Å². The van der Waals surface area contributed by atoms with E-state index in [1.54, 1.807) is 0 Å². The lowest BCUT2D eigenvalue weighted by atomic mass is 9.95. The van der Waals surface area contributed by atoms with Gasteiger partial charge >= 0.3 is 5.97 Å². The largest absolute Gasteiger partial charge is 0.481 e. The second-order valence-corrected chi connectivity index (χ2v) is 9.77. The fraction of sp³-hybridized carbons (Fsp3) is 0.821. The number of carboxylic acid groups (broad SMARTS) is 1. The van der Waals surface area contributed by atoms with E-state index in [0.29, 0.717) is 18.3 Å². The van der Waals surface area contributed by atoms with Crippen molar-refractivity contribution in [3.63, 3.8) is 0 Å². The van der Waals surface area contributed by atoms with Gasteiger partial charge in [-0.1, -0.05) is 115 Å². The molecule has 0 aromatic heterocycles. The molecule has 0 bridgehead atoms. The van der Waals surface area contributed by atoms with Crippen molar-refractivity contribution in [2.75, 3.05) is 0 Å². The van der Waals surface area contributed by atoms with E-state index in [2.05, 4.69) is 46.8 Å². The van der Waals surface area contributed by atoms with Crippen LogP contribution in [0.1, 0.15) is 137 Å². The third-order valence-electron chi connectivity index (χ3n) is 6.01. The fourth-order valence-electron chi connectivity index (χ4n) is 4.39. The summed E-state index contributed by atoms with van der Waals surface area (Å²) in [6.45, 7) is 11.6. The predicted molar refractivity (Wildman–Crippen MR) is 133 cm³/mol. The molecule has 0 radical (unpaired) electrons. The quantitative estimate of drug-likeness (QED) is 0.157. The van der Waals surface area contributed by atoms with Crippen LogP contribution in [0.15, 0.2) is 23.3 Å². The van der Waals surface area contributed by atoms with Crippen molar-refractivity contribution in [1.82, 2.24) is 0 Å². The fourth-order valence-corrected chi connectivity index (χ4v) is 4.39. The van der Waals surface area contributed by atoms with Gasteiger partial charge in [0.15, 0.2) is 0 Å². The van der Waals surface area contributed by atoms with Crippen LogP contribution in [0.4, 0.5) is 0 Å². The van der Waals surface area contributed by atoms with Gasteiger partial charge in [-0.25, -0.2) is 0 Å². The van der Waals surface area contributed by atoms with Crippen LogP contribution < -0.4 is 0 Å². The summed E-state index contributed by atoms with van der Waals surface area (Å²) in [5.74, 6) is 0.676. The molecule has 0 amide bonds. The lowest BCUT2D eigenvalue weighted by Gasteiger charge is -2.11. The number of carboxylic acids is 1. The standard InChI is InChI=1S/C28H52O2/c1-6-7-8-9-10-12-15-18-24(2)21-26(4)23-27(5)22-25(3)19-16-13-11-14-17-20-28(29)30/h21-22,24-25H,6-20,23H2,1-5H3,(H,29,30)/b26-21-,27-22+/t24-,25-/m1/s1. The van der Waals surface area contributed by atoms with Crippen molar-refractivity contribution in [2.24, 2.45) is 11.8 Å². The Morgan fingerprint density at radius 2 is 1.10 bits per heavy atom. The van der Waals surface area contributed by atoms with Crippen LogP contribution in [0.2, 0.25) is 0 Å². The Morgan fingerprint density at radius 1 is 0.700 bits per heavy atom. The normalized spacial score (nSPS) is 14.7. The number of hydrogen-bond donors (Lipinski definition) is 1. The van der Waals surface area contributed by atoms with E-state index in [0.717, 1.165) is 19.3 Å². The number of allylic oxidation sites excluding steroid dienone is 4. The summed E-state index contributed by atoms with van der Waals surface area (Å²) in [4.78, 5) is 10.5. The molecule has 0 aliphatic heterocycles. The monoisotopic (exact) mass is 420 g/mol. The zero-order chi connectivity index (χ0) is 22.6. The lowest BCUT2D eigenvalue weighted by molar-refractivity contribution is -0.137. The van der Waals surface area contributed by atoms with Crippen molar-refractivity contribution >= 4 is 5.97 Å². The van der Waals surface area contributed by atoms with Gasteiger partial charge in [0.1, 0.15) is 0 Å². The summed E-state index contributed by atoms with van der Waals surface area (Å²) in [6.07, 6.45) is 24.3. The number of hydrogen-bond acceptors (Lipinski definition) is 1. The molecule has 0 saturated heterocycles. The zero-order valence-corrected chi connectivity index (χ0v) is 21.0. The van der Waals surface area contributed by atoms with Crippen LogP contribution in [0.25, 0.3) is 0 Å². The summed E-state index contributed by atoms with van der Waals surface area (Å²) in [5, 5.41) is 8.65. The minimum atomic E-state index is -0.666. The molecule has 0 rings (SSSR count). The maximum absolute atomic E-state index is 10.5. The van der Waals surface area contributed by atoms with Crippen LogP contribution in [0.5, 0.6) is 0 Å². The third kappa shape index (κ3) is 20.2. The first-order chi connectivity index (χ1) is 14.3. The Kier molecular flexibility index (Phi) is 19.2. The Bertz CT molecular complexity index is 475. The summed E-state index contributed by atoms with van der Waals surface area (Å²) >= 11 is 0. The molecule has 0 heterocycles. The van der Waals surface area contributed by atoms with E-state index in [9.17, 15) is 4.79 Å². The first kappa shape index (κ1) is 28.9. The minimum absolute atomic E-state index is 0.322. The zero-order valence-electron chi connectivity index (χ0n) is 21.0. The van der Waals surface area contributed by atoms with E-state index < -0.39 is 5.97 Å². The number of rotatable bonds is 20. The molecule has 0 spiro atoms. The number of aliphatic carboxylic acids is 1. The van der Waals surface area contributed by atoms with Gasteiger partial charge < -0.3 is 5.11 Å². The number of carbonyl (C=O) groups is 1. The van der Waals surface area contributed by atoms with Crippen molar-refractivity contribution in [1.29, 1.82) is 0 Å². The Morgan fingerprint density at radius 3 is 1.53 bits per heavy atom. The van der Waals surface area contributed by atoms with Crippen molar-refractivity contribution in [3.05, 3.63) is 23.3 Å². The lowest BCUT2D eigenvalue weighted by Crippen LogP contribution is -1.95.